The largest absolute Gasteiger partial charge is 0.382 e. The average Bonchev–Trinajstić information content (AvgIpc) is 3.96. The molecule has 0 saturated carbocycles. The van der Waals surface area contributed by atoms with Crippen LogP contribution in [0, 0.1) is 0 Å². The van der Waals surface area contributed by atoms with Crippen LogP contribution in [-0.2, 0) is 30.4 Å². The predicted molar refractivity (Wildman–Crippen MR) is 211 cm³/mol. The van der Waals surface area contributed by atoms with Crippen LogP contribution in [0.3, 0.4) is 0 Å². The van der Waals surface area contributed by atoms with Gasteiger partial charge >= 0.3 is 0 Å². The minimum atomic E-state index is -0.677. The van der Waals surface area contributed by atoms with E-state index in [0.717, 1.165) is 23.2 Å². The number of carbonyl (C=O) groups is 5. The molecule has 0 spiro atoms. The summed E-state index contributed by atoms with van der Waals surface area (Å²) in [5, 5.41) is 8.43. The second kappa shape index (κ2) is 16.8. The second-order valence-corrected chi connectivity index (χ2v) is 14.2. The Morgan fingerprint density at radius 2 is 1.76 bits per heavy atom. The molecule has 5 aromatic rings. The van der Waals surface area contributed by atoms with Crippen molar-refractivity contribution in [2.75, 3.05) is 55.9 Å². The maximum absolute atomic E-state index is 13.5. The highest BCUT2D eigenvalue weighted by Crippen LogP contribution is 2.37. The summed E-state index contributed by atoms with van der Waals surface area (Å²) in [6.07, 6.45) is 7.01. The lowest BCUT2D eigenvalue weighted by molar-refractivity contribution is -0.138. The smallest absolute Gasteiger partial charge is 0.256 e. The third kappa shape index (κ3) is 7.81. The van der Waals surface area contributed by atoms with Crippen molar-refractivity contribution >= 4 is 52.4 Å². The van der Waals surface area contributed by atoms with Crippen LogP contribution >= 0.6 is 0 Å². The Bertz CT molecular complexity index is 2370. The van der Waals surface area contributed by atoms with Crippen LogP contribution in [0.1, 0.15) is 63.8 Å². The maximum atomic E-state index is 13.5. The quantitative estimate of drug-likeness (QED) is 0.0944. The lowest BCUT2D eigenvalue weighted by atomic mass is 10.0. The van der Waals surface area contributed by atoms with Gasteiger partial charge in [-0.3, -0.25) is 33.7 Å². The van der Waals surface area contributed by atoms with Gasteiger partial charge in [-0.25, -0.2) is 15.0 Å². The molecule has 3 aromatic heterocycles. The van der Waals surface area contributed by atoms with Crippen LogP contribution in [0.4, 0.5) is 17.3 Å². The molecule has 2 saturated heterocycles. The molecule has 298 valence electrons. The minimum absolute atomic E-state index is 0.117. The molecule has 2 fully saturated rings. The van der Waals surface area contributed by atoms with Crippen molar-refractivity contribution in [2.24, 2.45) is 0 Å². The fourth-order valence-corrected chi connectivity index (χ4v) is 7.73. The zero-order valence-corrected chi connectivity index (χ0v) is 31.6. The van der Waals surface area contributed by atoms with E-state index in [1.54, 1.807) is 66.0 Å². The number of piperidine rings is 1. The molecule has 58 heavy (non-hydrogen) atoms. The van der Waals surface area contributed by atoms with Crippen molar-refractivity contribution in [3.63, 3.8) is 0 Å². The molecule has 6 heterocycles. The normalized spacial score (nSPS) is 17.8. The molecule has 17 heteroatoms. The third-order valence-corrected chi connectivity index (χ3v) is 10.6. The first-order chi connectivity index (χ1) is 28.3. The van der Waals surface area contributed by atoms with Crippen molar-refractivity contribution in [1.82, 2.24) is 34.5 Å². The number of amides is 5. The van der Waals surface area contributed by atoms with Crippen molar-refractivity contribution in [2.45, 2.75) is 44.3 Å². The third-order valence-electron chi connectivity index (χ3n) is 10.6. The Morgan fingerprint density at radius 3 is 2.57 bits per heavy atom. The number of imidazole rings is 1. The lowest BCUT2D eigenvalue weighted by Crippen LogP contribution is -2.52. The van der Waals surface area contributed by atoms with E-state index >= 15 is 0 Å². The number of likely N-dealkylation sites (tertiary alicyclic amines) is 1. The zero-order valence-electron chi connectivity index (χ0n) is 31.6. The average molecular weight is 787 g/mol. The van der Waals surface area contributed by atoms with Gasteiger partial charge in [-0.15, -0.1) is 0 Å². The highest BCUT2D eigenvalue weighted by molar-refractivity contribution is 6.06. The molecule has 2 atom stereocenters. The van der Waals surface area contributed by atoms with Crippen LogP contribution in [0.5, 0.6) is 0 Å². The first-order valence-corrected chi connectivity index (χ1v) is 19.2. The van der Waals surface area contributed by atoms with Crippen molar-refractivity contribution in [1.29, 1.82) is 0 Å². The van der Waals surface area contributed by atoms with Gasteiger partial charge in [-0.05, 0) is 55.7 Å². The number of nitrogens with zero attached hydrogens (tertiary/aromatic N) is 6. The Morgan fingerprint density at radius 1 is 0.914 bits per heavy atom. The lowest BCUT2D eigenvalue weighted by Gasteiger charge is -2.29. The van der Waals surface area contributed by atoms with Gasteiger partial charge in [0.25, 0.3) is 11.8 Å². The van der Waals surface area contributed by atoms with Crippen LogP contribution in [0.2, 0.25) is 0 Å². The molecule has 5 amide bonds. The fraction of sp³-hybridized carbons (Fsp3) is 0.317. The molecule has 3 aliphatic heterocycles. The van der Waals surface area contributed by atoms with Crippen LogP contribution in [-0.4, -0.2) is 104 Å². The molecular weight excluding hydrogens is 745 g/mol. The number of ether oxygens (including phenoxy) is 2. The monoisotopic (exact) mass is 786 g/mol. The molecule has 17 nitrogen and oxygen atoms in total. The number of anilines is 3. The molecule has 8 rings (SSSR count). The number of fused-ring (bicyclic) bond motifs is 2. The van der Waals surface area contributed by atoms with Gasteiger partial charge in [0.2, 0.25) is 17.7 Å². The van der Waals surface area contributed by atoms with E-state index in [2.05, 4.69) is 25.9 Å². The summed E-state index contributed by atoms with van der Waals surface area (Å²) < 4.78 is 13.4. The molecule has 2 aromatic carbocycles. The fourth-order valence-electron chi connectivity index (χ4n) is 7.73. The van der Waals surface area contributed by atoms with E-state index in [-0.39, 0.29) is 62.5 Å². The summed E-state index contributed by atoms with van der Waals surface area (Å²) >= 11 is 0. The number of hydrogen-bond acceptors (Lipinski definition) is 12. The van der Waals surface area contributed by atoms with Crippen molar-refractivity contribution in [3.8, 4) is 11.3 Å². The number of benzene rings is 2. The van der Waals surface area contributed by atoms with Crippen LogP contribution in [0.15, 0.2) is 79.3 Å². The van der Waals surface area contributed by atoms with Crippen LogP contribution in [0.25, 0.3) is 16.8 Å². The molecule has 0 bridgehead atoms. The van der Waals surface area contributed by atoms with E-state index in [0.29, 0.717) is 72.3 Å². The van der Waals surface area contributed by atoms with E-state index in [9.17, 15) is 24.0 Å². The summed E-state index contributed by atoms with van der Waals surface area (Å²) in [5.41, 5.74) is 10.9. The van der Waals surface area contributed by atoms with E-state index < -0.39 is 11.9 Å². The molecule has 5 N–H and O–H groups in total. The number of carbonyl (C=O) groups excluding carboxylic acids is 5. The summed E-state index contributed by atoms with van der Waals surface area (Å²) in [5.74, 6) is -0.0392. The van der Waals surface area contributed by atoms with Gasteiger partial charge in [0.15, 0.2) is 0 Å². The first kappa shape index (κ1) is 38.2. The second-order valence-electron chi connectivity index (χ2n) is 14.2. The number of hydrogen-bond donors (Lipinski definition) is 4. The van der Waals surface area contributed by atoms with Gasteiger partial charge in [0.05, 0.1) is 25.9 Å². The number of imide groups is 1. The van der Waals surface area contributed by atoms with E-state index in [1.165, 1.54) is 4.90 Å². The zero-order chi connectivity index (χ0) is 40.2. The maximum Gasteiger partial charge on any atom is 0.256 e. The topological polar surface area (TPSA) is 215 Å². The molecular formula is C41H42N10O7. The van der Waals surface area contributed by atoms with Crippen molar-refractivity contribution < 1.29 is 33.4 Å². The van der Waals surface area contributed by atoms with Gasteiger partial charge in [-0.2, -0.15) is 0 Å². The number of nitrogens with two attached hydrogens (primary N) is 1. The van der Waals surface area contributed by atoms with E-state index in [4.69, 9.17) is 20.2 Å². The summed E-state index contributed by atoms with van der Waals surface area (Å²) in [6.45, 7) is 2.02. The highest BCUT2D eigenvalue weighted by Gasteiger charge is 2.40. The van der Waals surface area contributed by atoms with Crippen LogP contribution < -0.4 is 21.7 Å². The summed E-state index contributed by atoms with van der Waals surface area (Å²) in [6, 6.07) is 16.8. The minimum Gasteiger partial charge on any atom is -0.382 e. The van der Waals surface area contributed by atoms with Gasteiger partial charge < -0.3 is 35.6 Å². The number of rotatable bonds is 14. The van der Waals surface area contributed by atoms with Gasteiger partial charge in [0, 0.05) is 72.6 Å². The number of nitrogens with one attached hydrogen (secondary N) is 3. The summed E-state index contributed by atoms with van der Waals surface area (Å²) in [7, 11) is 0. The standard InChI is InChI=1S/C41H42N10O7/c42-37-36-35(25-9-11-26(12-10-25)39(54)46-32-8-1-2-15-44-32)48-38(50(36)19-16-45-37)30-7-4-18-49(30)34(53)24-58-22-21-57-20-17-43-29-6-3-5-27-28(29)23-51(41(27)56)31-13-14-33(52)47-40(31)55/h1-3,5-6,8-12,15-16,19,30-31,43H,4,7,13-14,17-18,20-24H2,(H2,42,45)(H,44,46,54)(H,47,52,55)/t30-,31?/m0/s1. The Balaban J connectivity index is 0.824. The first-order valence-electron chi connectivity index (χ1n) is 19.2. The van der Waals surface area contributed by atoms with Crippen molar-refractivity contribution in [3.05, 3.63) is 102 Å². The predicted octanol–water partition coefficient (Wildman–Crippen LogP) is 3.20. The molecule has 3 aliphatic rings. The Kier molecular flexibility index (Phi) is 11.0. The number of aromatic nitrogens is 4. The highest BCUT2D eigenvalue weighted by atomic mass is 16.5. The molecule has 1 unspecified atom stereocenters. The molecule has 0 radical (unpaired) electrons. The Hall–Kier alpha value is -6.72. The Labute approximate surface area is 332 Å². The van der Waals surface area contributed by atoms with Gasteiger partial charge in [0.1, 0.15) is 41.3 Å². The number of pyridine rings is 1. The SMILES string of the molecule is Nc1nccn2c([C@@H]3CCCN3C(=O)COCCOCCNc3cccc4c3CN(C3CCC(=O)NC3=O)C4=O)nc(-c3ccc(C(=O)Nc4ccccn4)cc3)c12. The molecule has 0 aliphatic carbocycles. The van der Waals surface area contributed by atoms with E-state index in [1.807, 2.05) is 22.6 Å². The summed E-state index contributed by atoms with van der Waals surface area (Å²) in [4.78, 5) is 80.2. The van der Waals surface area contributed by atoms with Gasteiger partial charge in [-0.1, -0.05) is 24.3 Å². The number of nitrogen functional groups attached to an aromatic ring is 1.